The SMILES string of the molecule is CC(C)(C)OC(=O)N1CC[C@H](Sc2cnccn2)C1. The first-order chi connectivity index (χ1) is 8.94. The van der Waals surface area contributed by atoms with E-state index in [-0.39, 0.29) is 6.09 Å². The first-order valence-corrected chi connectivity index (χ1v) is 7.22. The van der Waals surface area contributed by atoms with Crippen LogP contribution >= 0.6 is 11.8 Å². The average molecular weight is 281 g/mol. The van der Waals surface area contributed by atoms with Gasteiger partial charge in [-0.3, -0.25) is 4.98 Å². The van der Waals surface area contributed by atoms with Gasteiger partial charge in [0.05, 0.1) is 6.20 Å². The zero-order valence-corrected chi connectivity index (χ0v) is 12.3. The van der Waals surface area contributed by atoms with Gasteiger partial charge in [0, 0.05) is 30.7 Å². The summed E-state index contributed by atoms with van der Waals surface area (Å²) in [6, 6.07) is 0. The Balaban J connectivity index is 1.85. The van der Waals surface area contributed by atoms with Crippen LogP contribution in [-0.2, 0) is 4.74 Å². The molecule has 2 heterocycles. The molecule has 1 aromatic heterocycles. The van der Waals surface area contributed by atoms with Crippen molar-refractivity contribution < 1.29 is 9.53 Å². The summed E-state index contributed by atoms with van der Waals surface area (Å²) in [5, 5.41) is 1.27. The molecule has 6 heteroatoms. The van der Waals surface area contributed by atoms with Crippen molar-refractivity contribution >= 4 is 17.9 Å². The van der Waals surface area contributed by atoms with Gasteiger partial charge in [0.25, 0.3) is 0 Å². The fraction of sp³-hybridized carbons (Fsp3) is 0.615. The highest BCUT2D eigenvalue weighted by atomic mass is 32.2. The van der Waals surface area contributed by atoms with Crippen molar-refractivity contribution in [1.29, 1.82) is 0 Å². The summed E-state index contributed by atoms with van der Waals surface area (Å²) in [6.45, 7) is 7.09. The van der Waals surface area contributed by atoms with Crippen LogP contribution in [0.4, 0.5) is 4.79 Å². The Morgan fingerprint density at radius 1 is 1.47 bits per heavy atom. The zero-order valence-electron chi connectivity index (χ0n) is 11.5. The Bertz CT molecular complexity index is 433. The predicted octanol–water partition coefficient (Wildman–Crippen LogP) is 2.58. The maximum absolute atomic E-state index is 11.9. The smallest absolute Gasteiger partial charge is 0.410 e. The third-order valence-corrected chi connectivity index (χ3v) is 3.79. The van der Waals surface area contributed by atoms with E-state index in [1.54, 1.807) is 35.3 Å². The fourth-order valence-electron chi connectivity index (χ4n) is 1.83. The van der Waals surface area contributed by atoms with Crippen LogP contribution in [0.15, 0.2) is 23.6 Å². The van der Waals surface area contributed by atoms with E-state index >= 15 is 0 Å². The summed E-state index contributed by atoms with van der Waals surface area (Å²) in [7, 11) is 0. The van der Waals surface area contributed by atoms with Gasteiger partial charge in [0.2, 0.25) is 0 Å². The van der Waals surface area contributed by atoms with Crippen molar-refractivity contribution in [2.45, 2.75) is 43.1 Å². The van der Waals surface area contributed by atoms with E-state index in [4.69, 9.17) is 4.74 Å². The van der Waals surface area contributed by atoms with E-state index in [1.165, 1.54) is 0 Å². The molecule has 1 aliphatic heterocycles. The Labute approximate surface area is 117 Å². The molecule has 1 fully saturated rings. The summed E-state index contributed by atoms with van der Waals surface area (Å²) in [5.74, 6) is 0. The minimum atomic E-state index is -0.437. The van der Waals surface area contributed by atoms with E-state index in [2.05, 4.69) is 9.97 Å². The molecular formula is C13H19N3O2S. The highest BCUT2D eigenvalue weighted by Crippen LogP contribution is 2.28. The summed E-state index contributed by atoms with van der Waals surface area (Å²) < 4.78 is 5.37. The molecule has 0 aliphatic carbocycles. The lowest BCUT2D eigenvalue weighted by Crippen LogP contribution is -2.35. The van der Waals surface area contributed by atoms with Gasteiger partial charge in [-0.05, 0) is 27.2 Å². The van der Waals surface area contributed by atoms with Gasteiger partial charge in [-0.2, -0.15) is 0 Å². The number of hydrogen-bond donors (Lipinski definition) is 0. The maximum atomic E-state index is 11.9. The molecule has 0 aromatic carbocycles. The summed E-state index contributed by atoms with van der Waals surface area (Å²) in [4.78, 5) is 22.0. The molecule has 1 amide bonds. The van der Waals surface area contributed by atoms with E-state index in [9.17, 15) is 4.79 Å². The molecule has 0 N–H and O–H groups in total. The van der Waals surface area contributed by atoms with Crippen LogP contribution in [0.3, 0.4) is 0 Å². The molecule has 1 aliphatic rings. The number of likely N-dealkylation sites (tertiary alicyclic amines) is 1. The van der Waals surface area contributed by atoms with Gasteiger partial charge in [0.1, 0.15) is 10.6 Å². The second kappa shape index (κ2) is 5.77. The van der Waals surface area contributed by atoms with Crippen LogP contribution in [0.5, 0.6) is 0 Å². The highest BCUT2D eigenvalue weighted by molar-refractivity contribution is 7.99. The van der Waals surface area contributed by atoms with E-state index in [1.807, 2.05) is 20.8 Å². The summed E-state index contributed by atoms with van der Waals surface area (Å²) >= 11 is 1.67. The van der Waals surface area contributed by atoms with Crippen LogP contribution in [0, 0.1) is 0 Å². The lowest BCUT2D eigenvalue weighted by atomic mass is 10.2. The maximum Gasteiger partial charge on any atom is 0.410 e. The molecule has 0 radical (unpaired) electrons. The molecule has 1 aromatic rings. The third-order valence-electron chi connectivity index (χ3n) is 2.62. The molecule has 0 spiro atoms. The van der Waals surface area contributed by atoms with E-state index in [0.717, 1.165) is 18.0 Å². The lowest BCUT2D eigenvalue weighted by molar-refractivity contribution is 0.0295. The van der Waals surface area contributed by atoms with Crippen molar-refractivity contribution in [2.75, 3.05) is 13.1 Å². The molecule has 104 valence electrons. The van der Waals surface area contributed by atoms with E-state index in [0.29, 0.717) is 11.8 Å². The van der Waals surface area contributed by atoms with Crippen molar-refractivity contribution in [3.8, 4) is 0 Å². The Kier molecular flexibility index (Phi) is 4.29. The van der Waals surface area contributed by atoms with Crippen molar-refractivity contribution in [3.05, 3.63) is 18.6 Å². The van der Waals surface area contributed by atoms with Crippen LogP contribution in [0.2, 0.25) is 0 Å². The number of carbonyl (C=O) groups is 1. The summed E-state index contributed by atoms with van der Waals surface area (Å²) in [6.07, 6.45) is 5.82. The minimum Gasteiger partial charge on any atom is -0.444 e. The molecule has 0 bridgehead atoms. The number of amides is 1. The van der Waals surface area contributed by atoms with Gasteiger partial charge in [0.15, 0.2) is 0 Å². The normalized spacial score (nSPS) is 19.5. The second-order valence-corrected chi connectivity index (χ2v) is 6.82. The number of rotatable bonds is 2. The zero-order chi connectivity index (χ0) is 13.9. The standard InChI is InChI=1S/C13H19N3O2S/c1-13(2,3)18-12(17)16-7-4-10(9-16)19-11-8-14-5-6-15-11/h5-6,8,10H,4,7,9H2,1-3H3/t10-/m0/s1. The van der Waals surface area contributed by atoms with Gasteiger partial charge < -0.3 is 9.64 Å². The van der Waals surface area contributed by atoms with Gasteiger partial charge in [-0.25, -0.2) is 9.78 Å². The highest BCUT2D eigenvalue weighted by Gasteiger charge is 2.30. The van der Waals surface area contributed by atoms with Gasteiger partial charge in [-0.15, -0.1) is 0 Å². The van der Waals surface area contributed by atoms with Gasteiger partial charge >= 0.3 is 6.09 Å². The molecular weight excluding hydrogens is 262 g/mol. The monoisotopic (exact) mass is 281 g/mol. The van der Waals surface area contributed by atoms with Crippen molar-refractivity contribution in [2.24, 2.45) is 0 Å². The number of aromatic nitrogens is 2. The molecule has 0 saturated carbocycles. The lowest BCUT2D eigenvalue weighted by Gasteiger charge is -2.24. The van der Waals surface area contributed by atoms with Crippen LogP contribution < -0.4 is 0 Å². The second-order valence-electron chi connectivity index (χ2n) is 5.50. The Morgan fingerprint density at radius 3 is 2.89 bits per heavy atom. The number of nitrogens with zero attached hydrogens (tertiary/aromatic N) is 3. The van der Waals surface area contributed by atoms with Crippen LogP contribution in [0.1, 0.15) is 27.2 Å². The molecule has 2 rings (SSSR count). The molecule has 0 unspecified atom stereocenters. The molecule has 19 heavy (non-hydrogen) atoms. The molecule has 1 saturated heterocycles. The Morgan fingerprint density at radius 2 is 2.26 bits per heavy atom. The fourth-order valence-corrected chi connectivity index (χ4v) is 2.90. The van der Waals surface area contributed by atoms with Crippen LogP contribution in [-0.4, -0.2) is 44.9 Å². The number of hydrogen-bond acceptors (Lipinski definition) is 5. The summed E-state index contributed by atoms with van der Waals surface area (Å²) in [5.41, 5.74) is -0.437. The van der Waals surface area contributed by atoms with Crippen molar-refractivity contribution in [3.63, 3.8) is 0 Å². The predicted molar refractivity (Wildman–Crippen MR) is 74.1 cm³/mol. The molecule has 5 nitrogen and oxygen atoms in total. The average Bonchev–Trinajstić information content (AvgIpc) is 2.77. The number of thioether (sulfide) groups is 1. The minimum absolute atomic E-state index is 0.227. The first kappa shape index (κ1) is 14.1. The Hall–Kier alpha value is -1.30. The van der Waals surface area contributed by atoms with Gasteiger partial charge in [-0.1, -0.05) is 11.8 Å². The number of ether oxygens (including phenoxy) is 1. The largest absolute Gasteiger partial charge is 0.444 e. The topological polar surface area (TPSA) is 55.3 Å². The van der Waals surface area contributed by atoms with E-state index < -0.39 is 5.60 Å². The van der Waals surface area contributed by atoms with Crippen molar-refractivity contribution in [1.82, 2.24) is 14.9 Å². The quantitative estimate of drug-likeness (QED) is 0.834. The number of carbonyl (C=O) groups excluding carboxylic acids is 1. The first-order valence-electron chi connectivity index (χ1n) is 6.34. The van der Waals surface area contributed by atoms with Crippen LogP contribution in [0.25, 0.3) is 0 Å². The molecule has 1 atom stereocenters. The third kappa shape index (κ3) is 4.38.